The number of aliphatic hydroxyl groups excluding tert-OH is 14. The number of ether oxygens (including phenoxy) is 9. The monoisotopic (exact) mass is 1080 g/mol. The molecule has 15 N–H and O–H groups in total. The molecule has 5 saturated heterocycles. The van der Waals surface area contributed by atoms with Crippen LogP contribution in [0, 0.1) is 52.3 Å². The second-order valence-corrected chi connectivity index (χ2v) is 24.3. The van der Waals surface area contributed by atoms with Gasteiger partial charge in [-0.05, 0) is 104 Å². The lowest BCUT2D eigenvalue weighted by molar-refractivity contribution is -0.390. The smallest absolute Gasteiger partial charge is 0.187 e. The van der Waals surface area contributed by atoms with Crippen molar-refractivity contribution in [3.63, 3.8) is 0 Å². The highest BCUT2D eigenvalue weighted by atomic mass is 16.8. The Bertz CT molecular complexity index is 1870. The highest BCUT2D eigenvalue weighted by molar-refractivity contribution is 5.15. The Kier molecular flexibility index (Phi) is 18.1. The predicted molar refractivity (Wildman–Crippen MR) is 252 cm³/mol. The molecule has 1 unspecified atom stereocenters. The quantitative estimate of drug-likeness (QED) is 0.0656. The number of hydrogen-bond donors (Lipinski definition) is 15. The van der Waals surface area contributed by atoms with E-state index in [9.17, 15) is 76.6 Å². The van der Waals surface area contributed by atoms with Crippen LogP contribution in [-0.4, -0.2) is 250 Å². The molecule has 9 rings (SSSR count). The molecular formula is C51H86O24. The van der Waals surface area contributed by atoms with Crippen LogP contribution in [0.15, 0.2) is 0 Å². The second kappa shape index (κ2) is 23.1. The maximum atomic E-state index is 12.1. The molecule has 4 saturated carbocycles. The summed E-state index contributed by atoms with van der Waals surface area (Å²) >= 11 is 0. The lowest BCUT2D eigenvalue weighted by atomic mass is 9.44. The lowest BCUT2D eigenvalue weighted by Gasteiger charge is -2.61. The van der Waals surface area contributed by atoms with E-state index >= 15 is 0 Å². The van der Waals surface area contributed by atoms with Crippen molar-refractivity contribution in [1.29, 1.82) is 0 Å². The Balaban J connectivity index is 0.784. The minimum absolute atomic E-state index is 0.0136. The van der Waals surface area contributed by atoms with Gasteiger partial charge in [0.2, 0.25) is 0 Å². The van der Waals surface area contributed by atoms with Gasteiger partial charge in [0.25, 0.3) is 0 Å². The Labute approximate surface area is 436 Å². The van der Waals surface area contributed by atoms with Gasteiger partial charge in [-0.15, -0.1) is 0 Å². The van der Waals surface area contributed by atoms with E-state index in [0.717, 1.165) is 38.5 Å². The van der Waals surface area contributed by atoms with Gasteiger partial charge in [0.15, 0.2) is 30.9 Å². The Hall–Kier alpha value is -0.960. The standard InChI is InChI=1S/C51H86O24/c1-20(19-67-45-40(63)36(59)33(56)28(15-52)69-45)7-12-51(66)21(2)32-27(75-51)14-26-24-6-5-22-13-23(8-10-49(22,3)25(24)9-11-50(26,32)4)68-46-42(65)39(62)43(31(18-55)72-46)73-48-44(38(61)35(58)30(17-54)71-48)74-47-41(64)37(60)34(57)29(16-53)70-47/h20-48,52-66H,5-19H2,1-4H3/t20-,21+,22+,23+,24-,25+,26+,27+,28-,29-,30-,31-,32+,33-,34-,35-,36+,37+,38+,39-,40-,41-,42-,43+,44-,45-,46-,47+,48+,49+,50+,51?/m1/s1. The fourth-order valence-corrected chi connectivity index (χ4v) is 15.6. The summed E-state index contributed by atoms with van der Waals surface area (Å²) in [6, 6.07) is 0. The van der Waals surface area contributed by atoms with Gasteiger partial charge in [0, 0.05) is 12.3 Å². The predicted octanol–water partition coefficient (Wildman–Crippen LogP) is -3.95. The average molecular weight is 1080 g/mol. The SMILES string of the molecule is C[C@H](CCC1(O)O[C@H]2C[C@H]3[C@@H]4CC[C@H]5C[C@@H](O[C@@H]6O[C@H](CO)[C@H](O[C@@H]7O[C@H](CO)[C@@H](O)[C@H](O)[C@H]7O[C@@H]7O[C@H](CO)[C@@H](O)[C@H](O)[C@H]7O)[C@H](O)[C@H]6O)CC[C@]5(C)[C@H]4CC[C@]3(C)[C@H]2[C@@H]1C)CO[C@@H]1O[C@H](CO)[C@@H](O)[C@H](O)[C@H]1O. The Morgan fingerprint density at radius 3 is 1.69 bits per heavy atom. The van der Waals surface area contributed by atoms with Crippen LogP contribution >= 0.6 is 0 Å². The van der Waals surface area contributed by atoms with Gasteiger partial charge in [0.1, 0.15) is 97.7 Å². The van der Waals surface area contributed by atoms with Gasteiger partial charge < -0.3 is 119 Å². The summed E-state index contributed by atoms with van der Waals surface area (Å²) in [6.07, 6.45) is -24.3. The van der Waals surface area contributed by atoms with Crippen LogP contribution in [0.3, 0.4) is 0 Å². The highest BCUT2D eigenvalue weighted by Gasteiger charge is 2.68. The number of hydrogen-bond acceptors (Lipinski definition) is 24. The summed E-state index contributed by atoms with van der Waals surface area (Å²) in [5.74, 6) is 0.320. The van der Waals surface area contributed by atoms with E-state index in [1.54, 1.807) is 0 Å². The minimum Gasteiger partial charge on any atom is -0.394 e. The molecule has 434 valence electrons. The van der Waals surface area contributed by atoms with Crippen LogP contribution in [0.25, 0.3) is 0 Å². The number of fused-ring (bicyclic) bond motifs is 7. The Morgan fingerprint density at radius 2 is 1.05 bits per heavy atom. The molecule has 0 radical (unpaired) electrons. The molecule has 4 aliphatic carbocycles. The van der Waals surface area contributed by atoms with Crippen LogP contribution < -0.4 is 0 Å². The second-order valence-electron chi connectivity index (χ2n) is 24.3. The summed E-state index contributed by atoms with van der Waals surface area (Å²) in [5, 5.41) is 159. The largest absolute Gasteiger partial charge is 0.394 e. The molecule has 0 bridgehead atoms. The number of aliphatic hydroxyl groups is 15. The summed E-state index contributed by atoms with van der Waals surface area (Å²) in [5.41, 5.74) is -0.0140. The van der Waals surface area contributed by atoms with E-state index < -0.39 is 155 Å². The van der Waals surface area contributed by atoms with E-state index in [1.165, 1.54) is 0 Å². The third-order valence-corrected chi connectivity index (χ3v) is 20.1. The molecule has 9 aliphatic rings. The molecule has 0 aromatic carbocycles. The van der Waals surface area contributed by atoms with Crippen LogP contribution in [0.4, 0.5) is 0 Å². The first kappa shape index (κ1) is 58.7. The molecular weight excluding hydrogens is 997 g/mol. The van der Waals surface area contributed by atoms with Crippen molar-refractivity contribution in [2.75, 3.05) is 33.0 Å². The average Bonchev–Trinajstić information content (AvgIpc) is 3.83. The van der Waals surface area contributed by atoms with Crippen LogP contribution in [-0.2, 0) is 42.6 Å². The maximum Gasteiger partial charge on any atom is 0.187 e. The fourth-order valence-electron chi connectivity index (χ4n) is 15.6. The van der Waals surface area contributed by atoms with Crippen molar-refractivity contribution in [2.24, 2.45) is 52.3 Å². The highest BCUT2D eigenvalue weighted by Crippen LogP contribution is 2.71. The maximum absolute atomic E-state index is 12.1. The number of rotatable bonds is 16. The van der Waals surface area contributed by atoms with Crippen molar-refractivity contribution >= 4 is 0 Å². The molecule has 0 amide bonds. The van der Waals surface area contributed by atoms with Gasteiger partial charge >= 0.3 is 0 Å². The molecule has 75 heavy (non-hydrogen) atoms. The fraction of sp³-hybridized carbons (Fsp3) is 1.00. The van der Waals surface area contributed by atoms with Crippen molar-refractivity contribution in [3.8, 4) is 0 Å². The van der Waals surface area contributed by atoms with Crippen LogP contribution in [0.2, 0.25) is 0 Å². The van der Waals surface area contributed by atoms with E-state index in [4.69, 9.17) is 42.6 Å². The first-order chi connectivity index (χ1) is 35.5. The molecule has 9 fully saturated rings. The normalized spacial score (nSPS) is 55.4. The van der Waals surface area contributed by atoms with Crippen molar-refractivity contribution in [3.05, 3.63) is 0 Å². The zero-order valence-corrected chi connectivity index (χ0v) is 43.2. The molecule has 24 heteroatoms. The molecule has 0 aromatic rings. The van der Waals surface area contributed by atoms with Crippen molar-refractivity contribution < 1.29 is 119 Å². The molecule has 32 atom stereocenters. The third kappa shape index (κ3) is 10.7. The zero-order valence-electron chi connectivity index (χ0n) is 43.2. The van der Waals surface area contributed by atoms with Crippen molar-refractivity contribution in [2.45, 2.75) is 233 Å². The molecule has 0 aromatic heterocycles. The molecule has 5 aliphatic heterocycles. The van der Waals surface area contributed by atoms with Gasteiger partial charge in [-0.3, -0.25) is 0 Å². The summed E-state index contributed by atoms with van der Waals surface area (Å²) in [4.78, 5) is 0. The molecule has 0 spiro atoms. The van der Waals surface area contributed by atoms with E-state index in [-0.39, 0.29) is 47.4 Å². The summed E-state index contributed by atoms with van der Waals surface area (Å²) in [7, 11) is 0. The Morgan fingerprint density at radius 1 is 0.533 bits per heavy atom. The van der Waals surface area contributed by atoms with Crippen LogP contribution in [0.5, 0.6) is 0 Å². The summed E-state index contributed by atoms with van der Waals surface area (Å²) in [6.45, 7) is 6.15. The zero-order chi connectivity index (χ0) is 54.2. The molecule has 5 heterocycles. The first-order valence-corrected chi connectivity index (χ1v) is 27.4. The molecule has 24 nitrogen and oxygen atoms in total. The van der Waals surface area contributed by atoms with Crippen LogP contribution in [0.1, 0.15) is 91.9 Å². The lowest BCUT2D eigenvalue weighted by Crippen LogP contribution is -2.67. The van der Waals surface area contributed by atoms with Gasteiger partial charge in [-0.2, -0.15) is 0 Å². The first-order valence-electron chi connectivity index (χ1n) is 27.4. The van der Waals surface area contributed by atoms with Gasteiger partial charge in [-0.25, -0.2) is 0 Å². The summed E-state index contributed by atoms with van der Waals surface area (Å²) < 4.78 is 53.5. The third-order valence-electron chi connectivity index (χ3n) is 20.1. The van der Waals surface area contributed by atoms with Gasteiger partial charge in [-0.1, -0.05) is 27.7 Å². The van der Waals surface area contributed by atoms with Crippen molar-refractivity contribution in [1.82, 2.24) is 0 Å². The van der Waals surface area contributed by atoms with Gasteiger partial charge in [0.05, 0.1) is 45.2 Å². The van der Waals surface area contributed by atoms with E-state index in [1.807, 2.05) is 6.92 Å². The van der Waals surface area contributed by atoms with E-state index in [2.05, 4.69) is 20.8 Å². The minimum atomic E-state index is -1.92. The van der Waals surface area contributed by atoms with E-state index in [0.29, 0.717) is 49.4 Å². The topological polar surface area (TPSA) is 387 Å².